The Kier molecular flexibility index (Phi) is 2.64. The summed E-state index contributed by atoms with van der Waals surface area (Å²) in [4.78, 5) is 24.9. The molecule has 0 unspecified atom stereocenters. The molecule has 1 aromatic carbocycles. The Bertz CT molecular complexity index is 726. The summed E-state index contributed by atoms with van der Waals surface area (Å²) in [6.45, 7) is -0.163. The van der Waals surface area contributed by atoms with Crippen LogP contribution in [-0.2, 0) is 4.79 Å². The molecule has 106 valence electrons. The number of rotatable bonds is 2. The molecular weight excluding hydrogens is 286 g/mol. The molecule has 1 aromatic heterocycles. The summed E-state index contributed by atoms with van der Waals surface area (Å²) in [5.74, 6) is -1.56. The van der Waals surface area contributed by atoms with Gasteiger partial charge in [-0.25, -0.2) is 13.8 Å². The molecule has 2 heterocycles. The lowest BCUT2D eigenvalue weighted by atomic mass is 10.2. The first-order chi connectivity index (χ1) is 9.37. The molecular formula is C11H11N3O5S. The number of carboxylic acids is 1. The van der Waals surface area contributed by atoms with Crippen molar-refractivity contribution in [3.05, 3.63) is 30.0 Å². The van der Waals surface area contributed by atoms with Crippen LogP contribution >= 0.6 is 11.0 Å². The van der Waals surface area contributed by atoms with Gasteiger partial charge in [-0.2, -0.15) is 0 Å². The highest BCUT2D eigenvalue weighted by Crippen LogP contribution is 2.46. The third-order valence-corrected chi connectivity index (χ3v) is 4.42. The van der Waals surface area contributed by atoms with Gasteiger partial charge in [0.15, 0.2) is 0 Å². The molecule has 0 radical (unpaired) electrons. The van der Waals surface area contributed by atoms with Gasteiger partial charge in [0.25, 0.3) is 5.91 Å². The van der Waals surface area contributed by atoms with Crippen LogP contribution in [0.4, 0.5) is 5.69 Å². The summed E-state index contributed by atoms with van der Waals surface area (Å²) < 4.78 is 22.8. The minimum Gasteiger partial charge on any atom is -0.477 e. The van der Waals surface area contributed by atoms with Crippen LogP contribution in [0.25, 0.3) is 10.9 Å². The number of benzene rings is 1. The fourth-order valence-corrected chi connectivity index (χ4v) is 3.27. The number of aromatic carboxylic acids is 1. The lowest BCUT2D eigenvalue weighted by molar-refractivity contribution is -0.117. The lowest BCUT2D eigenvalue weighted by Gasteiger charge is -2.35. The quantitative estimate of drug-likeness (QED) is 0.570. The van der Waals surface area contributed by atoms with E-state index >= 15 is 0 Å². The van der Waals surface area contributed by atoms with Gasteiger partial charge in [0.2, 0.25) is 0 Å². The van der Waals surface area contributed by atoms with Crippen molar-refractivity contribution in [1.29, 1.82) is 0 Å². The number of hydrogen-bond acceptors (Lipinski definition) is 5. The van der Waals surface area contributed by atoms with Crippen molar-refractivity contribution in [2.24, 2.45) is 0 Å². The second-order valence-corrected chi connectivity index (χ2v) is 6.02. The maximum atomic E-state index is 11.3. The first kappa shape index (κ1) is 12.8. The number of anilines is 1. The molecule has 0 saturated carbocycles. The van der Waals surface area contributed by atoms with Gasteiger partial charge in [-0.1, -0.05) is 0 Å². The van der Waals surface area contributed by atoms with E-state index in [0.717, 1.165) is 4.31 Å². The van der Waals surface area contributed by atoms with Crippen LogP contribution < -0.4 is 9.03 Å². The first-order valence-electron chi connectivity index (χ1n) is 5.59. The average Bonchev–Trinajstić information content (AvgIpc) is 2.88. The van der Waals surface area contributed by atoms with Crippen LogP contribution in [0.15, 0.2) is 24.3 Å². The number of carbonyl (C=O) groups is 2. The van der Waals surface area contributed by atoms with E-state index in [0.29, 0.717) is 16.6 Å². The molecule has 0 aliphatic carbocycles. The molecule has 0 spiro atoms. The molecule has 0 atom stereocenters. The van der Waals surface area contributed by atoms with E-state index in [1.54, 1.807) is 18.2 Å². The SMILES string of the molecule is O=C1CN(c2ccc3[nH]c(C(=O)O)cc3c2)S(O)(O)N1. The summed E-state index contributed by atoms with van der Waals surface area (Å²) in [6.07, 6.45) is 0. The Morgan fingerprint density at radius 3 is 2.65 bits per heavy atom. The number of aromatic nitrogens is 1. The third kappa shape index (κ3) is 1.97. The van der Waals surface area contributed by atoms with Gasteiger partial charge in [0, 0.05) is 10.9 Å². The Morgan fingerprint density at radius 1 is 1.30 bits per heavy atom. The summed E-state index contributed by atoms with van der Waals surface area (Å²) in [6, 6.07) is 6.24. The van der Waals surface area contributed by atoms with Crippen LogP contribution in [0.1, 0.15) is 10.5 Å². The first-order valence-corrected chi connectivity index (χ1v) is 7.10. The largest absolute Gasteiger partial charge is 0.477 e. The predicted molar refractivity (Wildman–Crippen MR) is 73.6 cm³/mol. The maximum Gasteiger partial charge on any atom is 0.352 e. The van der Waals surface area contributed by atoms with Crippen molar-refractivity contribution in [3.8, 4) is 0 Å². The van der Waals surface area contributed by atoms with Crippen LogP contribution in [0.5, 0.6) is 0 Å². The number of hydrogen-bond donors (Lipinski definition) is 5. The molecule has 1 amide bonds. The molecule has 20 heavy (non-hydrogen) atoms. The maximum absolute atomic E-state index is 11.3. The van der Waals surface area contributed by atoms with Gasteiger partial charge < -0.3 is 10.1 Å². The van der Waals surface area contributed by atoms with Crippen molar-refractivity contribution in [2.45, 2.75) is 0 Å². The summed E-state index contributed by atoms with van der Waals surface area (Å²) >= 11 is 0. The van der Waals surface area contributed by atoms with Gasteiger partial charge in [-0.05, 0) is 35.2 Å². The van der Waals surface area contributed by atoms with Crippen LogP contribution in [-0.4, -0.2) is 37.6 Å². The summed E-state index contributed by atoms with van der Waals surface area (Å²) in [7, 11) is -3.36. The highest BCUT2D eigenvalue weighted by atomic mass is 32.3. The van der Waals surface area contributed by atoms with Crippen molar-refractivity contribution < 1.29 is 23.8 Å². The monoisotopic (exact) mass is 297 g/mol. The number of carboxylic acid groups (broad SMARTS) is 1. The number of carbonyl (C=O) groups excluding carboxylic acids is 1. The van der Waals surface area contributed by atoms with Crippen LogP contribution in [0.2, 0.25) is 0 Å². The van der Waals surface area contributed by atoms with Gasteiger partial charge in [0.05, 0.1) is 5.69 Å². The predicted octanol–water partition coefficient (Wildman–Crippen LogP) is 1.38. The minimum atomic E-state index is -3.36. The second kappa shape index (κ2) is 4.13. The van der Waals surface area contributed by atoms with E-state index < -0.39 is 22.8 Å². The fraction of sp³-hybridized carbons (Fsp3) is 0.0909. The Balaban J connectivity index is 2.05. The minimum absolute atomic E-state index is 0.0411. The van der Waals surface area contributed by atoms with E-state index in [2.05, 4.69) is 9.71 Å². The molecule has 1 saturated heterocycles. The average molecular weight is 297 g/mol. The molecule has 5 N–H and O–H groups in total. The van der Waals surface area contributed by atoms with Crippen molar-refractivity contribution in [2.75, 3.05) is 10.8 Å². The molecule has 1 fully saturated rings. The number of nitrogens with zero attached hydrogens (tertiary/aromatic N) is 1. The molecule has 1 aliphatic heterocycles. The molecule has 2 aromatic rings. The third-order valence-electron chi connectivity index (χ3n) is 2.97. The zero-order valence-electron chi connectivity index (χ0n) is 10.0. The highest BCUT2D eigenvalue weighted by molar-refractivity contribution is 8.24. The Morgan fingerprint density at radius 2 is 2.05 bits per heavy atom. The molecule has 9 heteroatoms. The summed E-state index contributed by atoms with van der Waals surface area (Å²) in [5, 5.41) is 9.52. The zero-order chi connectivity index (χ0) is 14.5. The smallest absolute Gasteiger partial charge is 0.352 e. The molecule has 0 bridgehead atoms. The highest BCUT2D eigenvalue weighted by Gasteiger charge is 2.34. The molecule has 8 nitrogen and oxygen atoms in total. The number of aromatic amines is 1. The number of amides is 1. The van der Waals surface area contributed by atoms with E-state index in [-0.39, 0.29) is 12.2 Å². The topological polar surface area (TPSA) is 126 Å². The van der Waals surface area contributed by atoms with Crippen molar-refractivity contribution in [1.82, 2.24) is 9.71 Å². The number of fused-ring (bicyclic) bond motifs is 1. The Hall–Kier alpha value is -2.23. The molecule has 3 rings (SSSR count). The Labute approximate surface area is 114 Å². The van der Waals surface area contributed by atoms with E-state index in [1.807, 2.05) is 0 Å². The van der Waals surface area contributed by atoms with Gasteiger partial charge in [0.1, 0.15) is 12.2 Å². The van der Waals surface area contributed by atoms with Gasteiger partial charge >= 0.3 is 5.97 Å². The summed E-state index contributed by atoms with van der Waals surface area (Å²) in [5.41, 5.74) is 1.08. The van der Waals surface area contributed by atoms with Crippen molar-refractivity contribution in [3.63, 3.8) is 0 Å². The number of H-pyrrole nitrogens is 1. The van der Waals surface area contributed by atoms with E-state index in [1.165, 1.54) is 6.07 Å². The normalized spacial score (nSPS) is 19.1. The number of nitrogens with one attached hydrogen (secondary N) is 2. The molecule has 1 aliphatic rings. The van der Waals surface area contributed by atoms with E-state index in [9.17, 15) is 18.7 Å². The van der Waals surface area contributed by atoms with Crippen LogP contribution in [0.3, 0.4) is 0 Å². The van der Waals surface area contributed by atoms with E-state index in [4.69, 9.17) is 5.11 Å². The second-order valence-electron chi connectivity index (χ2n) is 4.34. The zero-order valence-corrected chi connectivity index (χ0v) is 10.8. The van der Waals surface area contributed by atoms with Crippen LogP contribution in [0, 0.1) is 0 Å². The van der Waals surface area contributed by atoms with Gasteiger partial charge in [-0.15, -0.1) is 0 Å². The van der Waals surface area contributed by atoms with Gasteiger partial charge in [-0.3, -0.25) is 13.9 Å². The standard InChI is InChI=1S/C11H11N3O5S/c15-10-5-14(20(18,19)13-10)7-1-2-8-6(3-7)4-9(12-8)11(16)17/h1-4,12,18-19H,5H2,(H,13,15)(H,16,17). The lowest BCUT2D eigenvalue weighted by Crippen LogP contribution is -2.25. The van der Waals surface area contributed by atoms with Crippen molar-refractivity contribution >= 4 is 39.4 Å². The fourth-order valence-electron chi connectivity index (χ4n) is 2.09.